The fourth-order valence-corrected chi connectivity index (χ4v) is 4.81. The molecule has 1 aromatic rings. The second-order valence-electron chi connectivity index (χ2n) is 4.85. The Morgan fingerprint density at radius 1 is 1.64 bits per heavy atom. The highest BCUT2D eigenvalue weighted by atomic mass is 28.3. The Morgan fingerprint density at radius 3 is 3.07 bits per heavy atom. The molecule has 0 amide bonds. The largest absolute Gasteiger partial charge is 0.340 e. The van der Waals surface area contributed by atoms with E-state index in [0.29, 0.717) is 15.4 Å². The summed E-state index contributed by atoms with van der Waals surface area (Å²) in [6.45, 7) is 2.23. The molecule has 0 radical (unpaired) electrons. The van der Waals surface area contributed by atoms with Gasteiger partial charge in [-0.25, -0.2) is 4.98 Å². The predicted molar refractivity (Wildman–Crippen MR) is 60.8 cm³/mol. The molecule has 2 aliphatic rings. The summed E-state index contributed by atoms with van der Waals surface area (Å²) < 4.78 is 5.35. The van der Waals surface area contributed by atoms with E-state index in [0.717, 1.165) is 16.9 Å². The third-order valence-electron chi connectivity index (χ3n) is 3.21. The molecule has 2 saturated heterocycles. The van der Waals surface area contributed by atoms with Crippen molar-refractivity contribution in [3.8, 4) is 0 Å². The molecule has 0 spiro atoms. The number of aromatic nitrogens is 2. The molecule has 3 rings (SSSR count). The molecular formula is C9H16N2OSi2. The van der Waals surface area contributed by atoms with Crippen LogP contribution < -0.4 is 5.45 Å². The van der Waals surface area contributed by atoms with E-state index in [2.05, 4.69) is 17.1 Å². The predicted octanol–water partition coefficient (Wildman–Crippen LogP) is 0.400. The van der Waals surface area contributed by atoms with Gasteiger partial charge in [0.05, 0.1) is 0 Å². The highest BCUT2D eigenvalue weighted by Crippen LogP contribution is 2.37. The molecule has 2 atom stereocenters. The first-order valence-electron chi connectivity index (χ1n) is 5.66. The van der Waals surface area contributed by atoms with Gasteiger partial charge in [-0.1, -0.05) is 35.8 Å². The van der Waals surface area contributed by atoms with Crippen LogP contribution in [0.2, 0.25) is 23.7 Å². The molecule has 2 aliphatic heterocycles. The lowest BCUT2D eigenvalue weighted by atomic mass is 10.1. The third kappa shape index (κ3) is 1.83. The first-order chi connectivity index (χ1) is 6.83. The first-order valence-corrected chi connectivity index (χ1v) is 9.69. The summed E-state index contributed by atoms with van der Waals surface area (Å²) in [4.78, 5) is 4.55. The minimum absolute atomic E-state index is 0.355. The van der Waals surface area contributed by atoms with Crippen molar-refractivity contribution in [3.63, 3.8) is 0 Å². The Labute approximate surface area is 87.7 Å². The van der Waals surface area contributed by atoms with Crippen molar-refractivity contribution in [2.75, 3.05) is 0 Å². The maximum Gasteiger partial charge on any atom is 0.229 e. The van der Waals surface area contributed by atoms with Crippen molar-refractivity contribution in [3.05, 3.63) is 5.89 Å². The molecule has 2 unspecified atom stereocenters. The van der Waals surface area contributed by atoms with Gasteiger partial charge in [0.25, 0.3) is 0 Å². The van der Waals surface area contributed by atoms with Gasteiger partial charge in [-0.15, -0.1) is 0 Å². The van der Waals surface area contributed by atoms with Gasteiger partial charge < -0.3 is 4.52 Å². The molecule has 0 bridgehead atoms. The van der Waals surface area contributed by atoms with Gasteiger partial charge in [0.2, 0.25) is 5.89 Å². The van der Waals surface area contributed by atoms with E-state index in [9.17, 15) is 0 Å². The average Bonchev–Trinajstić information content (AvgIpc) is 3.08. The van der Waals surface area contributed by atoms with Crippen molar-refractivity contribution in [1.82, 2.24) is 10.1 Å². The van der Waals surface area contributed by atoms with Crippen molar-refractivity contribution >= 4 is 23.8 Å². The van der Waals surface area contributed by atoms with Gasteiger partial charge in [-0.3, -0.25) is 0 Å². The fraction of sp³-hybridized carbons (Fsp3) is 0.778. The Morgan fingerprint density at radius 2 is 2.43 bits per heavy atom. The lowest BCUT2D eigenvalue weighted by molar-refractivity contribution is 0.356. The zero-order chi connectivity index (χ0) is 9.54. The summed E-state index contributed by atoms with van der Waals surface area (Å²) >= 11 is 0. The summed E-state index contributed by atoms with van der Waals surface area (Å²) in [7, 11) is -0.271. The summed E-state index contributed by atoms with van der Waals surface area (Å²) in [5, 5.41) is 4.11. The summed E-state index contributed by atoms with van der Waals surface area (Å²) in [5.74, 6) is 1.43. The van der Waals surface area contributed by atoms with E-state index in [1.165, 1.54) is 18.5 Å². The molecule has 0 aromatic carbocycles. The second kappa shape index (κ2) is 3.31. The average molecular weight is 224 g/mol. The monoisotopic (exact) mass is 224 g/mol. The van der Waals surface area contributed by atoms with E-state index < -0.39 is 8.80 Å². The number of nitrogens with zero attached hydrogens (tertiary/aromatic N) is 2. The Kier molecular flexibility index (Phi) is 2.09. The van der Waals surface area contributed by atoms with Crippen molar-refractivity contribution in [2.45, 2.75) is 42.9 Å². The zero-order valence-corrected chi connectivity index (χ0v) is 11.1. The molecule has 3 heterocycles. The van der Waals surface area contributed by atoms with E-state index in [1.807, 2.05) is 0 Å². The van der Waals surface area contributed by atoms with Gasteiger partial charge >= 0.3 is 0 Å². The Balaban J connectivity index is 1.67. The van der Waals surface area contributed by atoms with E-state index in [1.54, 1.807) is 6.04 Å². The Bertz CT molecular complexity index is 333. The summed E-state index contributed by atoms with van der Waals surface area (Å²) in [5.41, 5.74) is 2.18. The minimum Gasteiger partial charge on any atom is -0.340 e. The summed E-state index contributed by atoms with van der Waals surface area (Å²) in [6.07, 6.45) is 1.31. The van der Waals surface area contributed by atoms with Gasteiger partial charge in [0.15, 0.2) is 0 Å². The number of hydrogen-bond donors (Lipinski definition) is 0. The van der Waals surface area contributed by atoms with Crippen LogP contribution >= 0.6 is 0 Å². The highest BCUT2D eigenvalue weighted by Gasteiger charge is 2.32. The quantitative estimate of drug-likeness (QED) is 0.695. The molecule has 0 saturated carbocycles. The molecule has 14 heavy (non-hydrogen) atoms. The molecule has 3 nitrogen and oxygen atoms in total. The molecular weight excluding hydrogens is 208 g/mol. The van der Waals surface area contributed by atoms with Gasteiger partial charge in [-0.2, -0.15) is 0 Å². The third-order valence-corrected chi connectivity index (χ3v) is 7.05. The molecule has 76 valence electrons. The van der Waals surface area contributed by atoms with Crippen LogP contribution in [0, 0.1) is 0 Å². The maximum absolute atomic E-state index is 5.35. The van der Waals surface area contributed by atoms with Gasteiger partial charge in [0.1, 0.15) is 14.2 Å². The maximum atomic E-state index is 5.35. The van der Waals surface area contributed by atoms with Crippen LogP contribution in [0.3, 0.4) is 0 Å². The van der Waals surface area contributed by atoms with Crippen LogP contribution in [-0.4, -0.2) is 28.5 Å². The van der Waals surface area contributed by atoms with Crippen LogP contribution in [0.1, 0.15) is 25.2 Å². The van der Waals surface area contributed by atoms with Gasteiger partial charge in [0, 0.05) is 15.4 Å². The van der Waals surface area contributed by atoms with Crippen LogP contribution in [0.15, 0.2) is 4.52 Å². The topological polar surface area (TPSA) is 38.9 Å². The lowest BCUT2D eigenvalue weighted by Gasteiger charge is -2.03. The highest BCUT2D eigenvalue weighted by molar-refractivity contribution is 6.80. The second-order valence-corrected chi connectivity index (χ2v) is 10.2. The van der Waals surface area contributed by atoms with Crippen LogP contribution in [0.5, 0.6) is 0 Å². The first kappa shape index (κ1) is 8.85. The molecule has 1 aromatic heterocycles. The van der Waals surface area contributed by atoms with Crippen molar-refractivity contribution < 1.29 is 4.52 Å². The number of rotatable bonds is 4. The Hall–Kier alpha value is -0.426. The summed E-state index contributed by atoms with van der Waals surface area (Å²) in [6, 6.07) is 4.33. The van der Waals surface area contributed by atoms with Crippen molar-refractivity contribution in [2.24, 2.45) is 0 Å². The molecule has 5 heteroatoms. The molecule has 0 aliphatic carbocycles. The van der Waals surface area contributed by atoms with E-state index >= 15 is 0 Å². The minimum atomic E-state index is -0.627. The zero-order valence-electron chi connectivity index (χ0n) is 8.57. The van der Waals surface area contributed by atoms with E-state index in [-0.39, 0.29) is 0 Å². The lowest BCUT2D eigenvalue weighted by Crippen LogP contribution is -2.19. The SMILES string of the molecule is CC(CC1C[SiH2]1)c1nc([SiH]2CC2)no1. The van der Waals surface area contributed by atoms with E-state index in [4.69, 9.17) is 4.52 Å². The molecule has 0 N–H and O–H groups in total. The standard InChI is InChI=1S/C9H16N2OSi2/c1-6(4-7-5-13-7)8-10-9(11-12-8)14-2-3-14/h6-7,14H,2-5,13H2,1H3. The van der Waals surface area contributed by atoms with Gasteiger partial charge in [-0.05, 0) is 6.42 Å². The fourth-order valence-electron chi connectivity index (χ4n) is 1.91. The normalized spacial score (nSPS) is 29.4. The van der Waals surface area contributed by atoms with Crippen LogP contribution in [0.4, 0.5) is 0 Å². The van der Waals surface area contributed by atoms with Crippen LogP contribution in [-0.2, 0) is 0 Å². The number of hydrogen-bond acceptors (Lipinski definition) is 3. The molecule has 2 fully saturated rings. The van der Waals surface area contributed by atoms with Crippen molar-refractivity contribution in [1.29, 1.82) is 0 Å². The smallest absolute Gasteiger partial charge is 0.229 e. The van der Waals surface area contributed by atoms with Crippen LogP contribution in [0.25, 0.3) is 0 Å².